The molecule has 2 nitrogen and oxygen atoms in total. The maximum Gasteiger partial charge on any atom is 0.207 e. The molecular weight excluding hydrogens is 290 g/mol. The zero-order chi connectivity index (χ0) is 13.0. The van der Waals surface area contributed by atoms with E-state index in [-0.39, 0.29) is 6.04 Å². The van der Waals surface area contributed by atoms with Crippen LogP contribution in [-0.4, -0.2) is 6.41 Å². The molecule has 1 amide bonds. The first-order valence-electron chi connectivity index (χ1n) is 5.77. The summed E-state index contributed by atoms with van der Waals surface area (Å²) in [5, 5.41) is 2.74. The van der Waals surface area contributed by atoms with E-state index in [1.54, 1.807) is 0 Å². The van der Waals surface area contributed by atoms with E-state index in [9.17, 15) is 4.79 Å². The summed E-state index contributed by atoms with van der Waals surface area (Å²) in [6.45, 7) is 1.96. The first kappa shape index (κ1) is 12.8. The topological polar surface area (TPSA) is 29.1 Å². The molecule has 2 aromatic carbocycles. The average molecular weight is 304 g/mol. The molecule has 0 radical (unpaired) electrons. The predicted octanol–water partition coefficient (Wildman–Crippen LogP) is 3.92. The van der Waals surface area contributed by atoms with Crippen LogP contribution in [0.5, 0.6) is 0 Å². The van der Waals surface area contributed by atoms with Crippen molar-refractivity contribution < 1.29 is 4.79 Å². The van der Waals surface area contributed by atoms with Crippen LogP contribution in [0.3, 0.4) is 0 Å². The highest BCUT2D eigenvalue weighted by Crippen LogP contribution is 2.28. The standard InChI is InChI=1S/C15H14BrNO/c1-11(17-10-18)12-6-8-13(9-7-12)14-4-2-3-5-15(14)16/h2-11H,1H3,(H,17,18). The van der Waals surface area contributed by atoms with Crippen molar-refractivity contribution in [3.63, 3.8) is 0 Å². The zero-order valence-electron chi connectivity index (χ0n) is 10.1. The molecule has 0 fully saturated rings. The van der Waals surface area contributed by atoms with Crippen LogP contribution < -0.4 is 5.32 Å². The van der Waals surface area contributed by atoms with Crippen molar-refractivity contribution in [2.75, 3.05) is 0 Å². The molecule has 0 saturated heterocycles. The monoisotopic (exact) mass is 303 g/mol. The smallest absolute Gasteiger partial charge is 0.207 e. The van der Waals surface area contributed by atoms with Crippen LogP contribution in [0.2, 0.25) is 0 Å². The summed E-state index contributed by atoms with van der Waals surface area (Å²) in [5.41, 5.74) is 3.42. The molecule has 0 saturated carbocycles. The van der Waals surface area contributed by atoms with Gasteiger partial charge in [-0.05, 0) is 29.7 Å². The molecule has 3 heteroatoms. The lowest BCUT2D eigenvalue weighted by molar-refractivity contribution is -0.110. The summed E-state index contributed by atoms with van der Waals surface area (Å²) in [6, 6.07) is 16.4. The fraction of sp³-hybridized carbons (Fsp3) is 0.133. The maximum atomic E-state index is 10.4. The van der Waals surface area contributed by atoms with E-state index in [1.165, 1.54) is 5.56 Å². The second kappa shape index (κ2) is 5.83. The fourth-order valence-electron chi connectivity index (χ4n) is 1.84. The predicted molar refractivity (Wildman–Crippen MR) is 77.2 cm³/mol. The van der Waals surface area contributed by atoms with Gasteiger partial charge >= 0.3 is 0 Å². The SMILES string of the molecule is CC(NC=O)c1ccc(-c2ccccc2Br)cc1. The highest BCUT2D eigenvalue weighted by atomic mass is 79.9. The second-order valence-corrected chi connectivity index (χ2v) is 4.96. The number of nitrogens with one attached hydrogen (secondary N) is 1. The Kier molecular flexibility index (Phi) is 4.15. The molecular formula is C15H14BrNO. The Bertz CT molecular complexity index is 536. The molecule has 0 bridgehead atoms. The molecule has 1 atom stereocenters. The number of halogens is 1. The maximum absolute atomic E-state index is 10.4. The normalized spacial score (nSPS) is 11.9. The Morgan fingerprint density at radius 3 is 2.39 bits per heavy atom. The van der Waals surface area contributed by atoms with Crippen LogP contribution in [0.1, 0.15) is 18.5 Å². The molecule has 0 aliphatic rings. The van der Waals surface area contributed by atoms with E-state index >= 15 is 0 Å². The van der Waals surface area contributed by atoms with Gasteiger partial charge in [-0.25, -0.2) is 0 Å². The van der Waals surface area contributed by atoms with Gasteiger partial charge < -0.3 is 5.32 Å². The first-order chi connectivity index (χ1) is 8.72. The number of hydrogen-bond donors (Lipinski definition) is 1. The van der Waals surface area contributed by atoms with Crippen LogP contribution >= 0.6 is 15.9 Å². The Balaban J connectivity index is 2.28. The van der Waals surface area contributed by atoms with E-state index in [0.29, 0.717) is 0 Å². The number of carbonyl (C=O) groups is 1. The lowest BCUT2D eigenvalue weighted by Crippen LogP contribution is -2.15. The van der Waals surface area contributed by atoms with Crippen molar-refractivity contribution in [2.24, 2.45) is 0 Å². The molecule has 18 heavy (non-hydrogen) atoms. The minimum atomic E-state index is 0.0377. The van der Waals surface area contributed by atoms with E-state index in [1.807, 2.05) is 37.3 Å². The summed E-state index contributed by atoms with van der Waals surface area (Å²) < 4.78 is 1.08. The fourth-order valence-corrected chi connectivity index (χ4v) is 2.36. The van der Waals surface area contributed by atoms with E-state index < -0.39 is 0 Å². The quantitative estimate of drug-likeness (QED) is 0.852. The Morgan fingerprint density at radius 1 is 1.11 bits per heavy atom. The number of benzene rings is 2. The van der Waals surface area contributed by atoms with Gasteiger partial charge in [-0.3, -0.25) is 4.79 Å². The third kappa shape index (κ3) is 2.79. The lowest BCUT2D eigenvalue weighted by atomic mass is 10.0. The Hall–Kier alpha value is -1.61. The minimum Gasteiger partial charge on any atom is -0.352 e. The van der Waals surface area contributed by atoms with Crippen molar-refractivity contribution in [3.8, 4) is 11.1 Å². The van der Waals surface area contributed by atoms with E-state index in [4.69, 9.17) is 0 Å². The van der Waals surface area contributed by atoms with Crippen LogP contribution in [0.4, 0.5) is 0 Å². The van der Waals surface area contributed by atoms with Gasteiger partial charge in [0.1, 0.15) is 0 Å². The summed E-state index contributed by atoms with van der Waals surface area (Å²) in [6.07, 6.45) is 0.729. The lowest BCUT2D eigenvalue weighted by Gasteiger charge is -2.11. The van der Waals surface area contributed by atoms with Gasteiger partial charge in [0, 0.05) is 4.47 Å². The van der Waals surface area contributed by atoms with E-state index in [0.717, 1.165) is 22.0 Å². The molecule has 1 unspecified atom stereocenters. The highest BCUT2D eigenvalue weighted by molar-refractivity contribution is 9.10. The summed E-state index contributed by atoms with van der Waals surface area (Å²) in [5.74, 6) is 0. The van der Waals surface area contributed by atoms with Crippen molar-refractivity contribution in [3.05, 3.63) is 58.6 Å². The number of carbonyl (C=O) groups excluding carboxylic acids is 1. The molecule has 0 aromatic heterocycles. The van der Waals surface area contributed by atoms with Crippen molar-refractivity contribution in [2.45, 2.75) is 13.0 Å². The first-order valence-corrected chi connectivity index (χ1v) is 6.56. The van der Waals surface area contributed by atoms with Gasteiger partial charge in [0.05, 0.1) is 6.04 Å². The number of hydrogen-bond acceptors (Lipinski definition) is 1. The summed E-state index contributed by atoms with van der Waals surface area (Å²) in [4.78, 5) is 10.4. The molecule has 92 valence electrons. The van der Waals surface area contributed by atoms with Crippen LogP contribution in [-0.2, 0) is 4.79 Å². The molecule has 1 N–H and O–H groups in total. The third-order valence-corrected chi connectivity index (χ3v) is 3.61. The number of amides is 1. The zero-order valence-corrected chi connectivity index (χ0v) is 11.6. The molecule has 0 spiro atoms. The summed E-state index contributed by atoms with van der Waals surface area (Å²) in [7, 11) is 0. The van der Waals surface area contributed by atoms with Crippen LogP contribution in [0.25, 0.3) is 11.1 Å². The average Bonchev–Trinajstić information content (AvgIpc) is 2.40. The van der Waals surface area contributed by atoms with Gasteiger partial charge in [0.15, 0.2) is 0 Å². The Morgan fingerprint density at radius 2 is 1.78 bits per heavy atom. The number of rotatable bonds is 4. The third-order valence-electron chi connectivity index (χ3n) is 2.91. The molecule has 0 aliphatic carbocycles. The van der Waals surface area contributed by atoms with Gasteiger partial charge in [0.25, 0.3) is 0 Å². The van der Waals surface area contributed by atoms with Crippen molar-refractivity contribution in [1.82, 2.24) is 5.32 Å². The van der Waals surface area contributed by atoms with Crippen LogP contribution in [0.15, 0.2) is 53.0 Å². The van der Waals surface area contributed by atoms with Gasteiger partial charge in [-0.2, -0.15) is 0 Å². The molecule has 2 rings (SSSR count). The molecule has 2 aromatic rings. The second-order valence-electron chi connectivity index (χ2n) is 4.11. The Labute approximate surface area is 115 Å². The molecule has 0 heterocycles. The largest absolute Gasteiger partial charge is 0.352 e. The highest BCUT2D eigenvalue weighted by Gasteiger charge is 2.05. The van der Waals surface area contributed by atoms with Gasteiger partial charge in [-0.1, -0.05) is 58.4 Å². The summed E-state index contributed by atoms with van der Waals surface area (Å²) >= 11 is 3.55. The minimum absolute atomic E-state index is 0.0377. The molecule has 0 aliphatic heterocycles. The van der Waals surface area contributed by atoms with Crippen LogP contribution in [0, 0.1) is 0 Å². The van der Waals surface area contributed by atoms with E-state index in [2.05, 4.69) is 39.4 Å². The van der Waals surface area contributed by atoms with Crippen molar-refractivity contribution in [1.29, 1.82) is 0 Å². The van der Waals surface area contributed by atoms with Gasteiger partial charge in [-0.15, -0.1) is 0 Å². The van der Waals surface area contributed by atoms with Crippen molar-refractivity contribution >= 4 is 22.3 Å². The van der Waals surface area contributed by atoms with Gasteiger partial charge in [0.2, 0.25) is 6.41 Å².